The maximum absolute atomic E-state index is 10.3. The van der Waals surface area contributed by atoms with Crippen LogP contribution in [0, 0.1) is 0 Å². The van der Waals surface area contributed by atoms with Gasteiger partial charge in [0.15, 0.2) is 0 Å². The molecule has 0 unspecified atom stereocenters. The van der Waals surface area contributed by atoms with Crippen LogP contribution >= 0.6 is 0 Å². The Bertz CT molecular complexity index is 493. The van der Waals surface area contributed by atoms with Gasteiger partial charge in [0.1, 0.15) is 0 Å². The van der Waals surface area contributed by atoms with Crippen molar-refractivity contribution < 1.29 is 291 Å². The quantitative estimate of drug-likeness (QED) is 0.352. The van der Waals surface area contributed by atoms with Gasteiger partial charge < -0.3 is 34.1 Å². The average molecular weight is 503 g/mol. The summed E-state index contributed by atoms with van der Waals surface area (Å²) in [5, 5.41) is 41.2. The van der Waals surface area contributed by atoms with Gasteiger partial charge in [-0.25, -0.2) is 0 Å². The predicted molar refractivity (Wildman–Crippen MR) is 64.1 cm³/mol. The van der Waals surface area contributed by atoms with E-state index in [0.29, 0.717) is 0 Å². The molecule has 2 rings (SSSR count). The van der Waals surface area contributed by atoms with Gasteiger partial charge in [-0.15, -0.1) is 23.0 Å². The molecule has 0 heterocycles. The Balaban J connectivity index is -0.0000000540. The Morgan fingerprint density at radius 1 is 0.654 bits per heavy atom. The number of hydrogen-bond acceptors (Lipinski definition) is 7. The van der Waals surface area contributed by atoms with E-state index < -0.39 is 32.2 Å². The Hall–Kier alpha value is 5.44. The normalized spacial score (nSPS) is 6.81. The molecule has 2 aromatic rings. The van der Waals surface area contributed by atoms with Crippen molar-refractivity contribution in [1.82, 2.24) is 0 Å². The summed E-state index contributed by atoms with van der Waals surface area (Å²) in [5.74, 6) is -1.75. The van der Waals surface area contributed by atoms with E-state index in [0.717, 1.165) is 7.11 Å². The van der Waals surface area contributed by atoms with Crippen LogP contribution in [0.3, 0.4) is 0 Å². The Kier molecular flexibility index (Phi) is 52.7. The fourth-order valence-electron chi connectivity index (χ4n) is 0.900. The van der Waals surface area contributed by atoms with Crippen LogP contribution in [0.1, 0.15) is 0 Å². The summed E-state index contributed by atoms with van der Waals surface area (Å²) in [4.78, 5) is 9.22. The molecule has 0 amide bonds. The standard InChI is InChI=1S/2C6H6O2.CH3O3Si.5K/c2*7-5-3-1-2-4-6(5)8;1-4-5(2)3;;;;;/h2*1-4,7-8H;1H3;;;;;/q;;-1;5*+1/p-4. The second-order valence-corrected chi connectivity index (χ2v) is 4.26. The number of rotatable bonds is 1. The molecule has 114 valence electrons. The monoisotopic (exact) mass is 502 g/mol. The third-order valence-corrected chi connectivity index (χ3v) is 2.20. The average Bonchev–Trinajstić information content (AvgIpc) is 2.47. The smallest absolute Gasteiger partial charge is 0.873 e. The van der Waals surface area contributed by atoms with Crippen LogP contribution in [0.4, 0.5) is 0 Å². The van der Waals surface area contributed by atoms with Crippen LogP contribution in [0.15, 0.2) is 48.5 Å². The second-order valence-electron chi connectivity index (χ2n) is 3.35. The molecule has 0 aromatic heterocycles. The van der Waals surface area contributed by atoms with Crippen LogP contribution in [0.2, 0.25) is 0 Å². The molecule has 0 atom stereocenters. The van der Waals surface area contributed by atoms with E-state index in [1.54, 1.807) is 24.3 Å². The SMILES string of the molecule is CO[Si](=O)[O-].[K+].[K+].[K+].[K+].[K+].[O-]c1ccccc1[O-].[O-]c1ccccc1[O-]. The van der Waals surface area contributed by atoms with E-state index in [1.807, 2.05) is 0 Å². The first-order valence-electron chi connectivity index (χ1n) is 5.49. The third kappa shape index (κ3) is 27.5. The Morgan fingerprint density at radius 2 is 0.808 bits per heavy atom. The molecule has 7 nitrogen and oxygen atoms in total. The molecule has 2 aromatic carbocycles. The van der Waals surface area contributed by atoms with Gasteiger partial charge in [-0.1, -0.05) is 48.5 Å². The van der Waals surface area contributed by atoms with Crippen molar-refractivity contribution >= 4 is 9.17 Å². The van der Waals surface area contributed by atoms with Crippen LogP contribution in [-0.4, -0.2) is 16.3 Å². The molecule has 0 fully saturated rings. The van der Waals surface area contributed by atoms with E-state index >= 15 is 0 Å². The van der Waals surface area contributed by atoms with Crippen LogP contribution < -0.4 is 282 Å². The maximum atomic E-state index is 10.3. The first kappa shape index (κ1) is 45.0. The largest absolute Gasteiger partial charge is 1.00 e. The summed E-state index contributed by atoms with van der Waals surface area (Å²) >= 11 is 0. The molecule has 0 spiro atoms. The fraction of sp³-hybridized carbons (Fsp3) is 0.0769. The molecule has 0 aliphatic carbocycles. The molecule has 13 heteroatoms. The van der Waals surface area contributed by atoms with Gasteiger partial charge in [0.2, 0.25) is 0 Å². The minimum atomic E-state index is -2.87. The Morgan fingerprint density at radius 3 is 0.885 bits per heavy atom. The van der Waals surface area contributed by atoms with Crippen molar-refractivity contribution in [2.45, 2.75) is 0 Å². The van der Waals surface area contributed by atoms with Crippen molar-refractivity contribution in [3.63, 3.8) is 0 Å². The van der Waals surface area contributed by atoms with E-state index in [1.165, 1.54) is 24.3 Å². The van der Waals surface area contributed by atoms with Gasteiger partial charge in [-0.2, -0.15) is 0 Å². The zero-order chi connectivity index (χ0) is 16.3. The van der Waals surface area contributed by atoms with Gasteiger partial charge in [0, 0.05) is 7.11 Å². The van der Waals surface area contributed by atoms with E-state index in [4.69, 9.17) is 0 Å². The molecular formula is C13H11K5O7Si. The van der Waals surface area contributed by atoms with E-state index in [2.05, 4.69) is 4.43 Å². The summed E-state index contributed by atoms with van der Waals surface area (Å²) in [6.07, 6.45) is 0. The van der Waals surface area contributed by atoms with Gasteiger partial charge in [0.05, 0.1) is 0 Å². The van der Waals surface area contributed by atoms with Crippen molar-refractivity contribution in [2.75, 3.05) is 7.11 Å². The zero-order valence-corrected chi connectivity index (χ0v) is 32.6. The molecule has 0 radical (unpaired) electrons. The fourth-order valence-corrected chi connectivity index (χ4v) is 0.900. The molecule has 0 bridgehead atoms. The van der Waals surface area contributed by atoms with Crippen molar-refractivity contribution in [1.29, 1.82) is 0 Å². The van der Waals surface area contributed by atoms with E-state index in [-0.39, 0.29) is 257 Å². The molecule has 0 aliphatic heterocycles. The minimum Gasteiger partial charge on any atom is -0.873 e. The van der Waals surface area contributed by atoms with Gasteiger partial charge in [0.25, 0.3) is 0 Å². The molecule has 0 N–H and O–H groups in total. The zero-order valence-electron chi connectivity index (χ0n) is 16.0. The number of hydrogen-bond donors (Lipinski definition) is 0. The Labute approximate surface area is 367 Å². The molecule has 0 aliphatic rings. The summed E-state index contributed by atoms with van der Waals surface area (Å²) in [7, 11) is -1.75. The molecular weight excluding hydrogens is 492 g/mol. The van der Waals surface area contributed by atoms with Crippen LogP contribution in [-0.2, 0) is 8.89 Å². The van der Waals surface area contributed by atoms with Gasteiger partial charge in [-0.3, -0.25) is 0 Å². The molecule has 0 saturated heterocycles. The first-order chi connectivity index (χ1) is 9.88. The van der Waals surface area contributed by atoms with Crippen LogP contribution in [0.25, 0.3) is 0 Å². The summed E-state index contributed by atoms with van der Waals surface area (Å²) < 4.78 is 13.0. The minimum absolute atomic E-state index is 0. The van der Waals surface area contributed by atoms with Crippen LogP contribution in [0.5, 0.6) is 23.0 Å². The molecule has 0 saturated carbocycles. The van der Waals surface area contributed by atoms with Crippen molar-refractivity contribution in [2.24, 2.45) is 0 Å². The van der Waals surface area contributed by atoms with E-state index in [9.17, 15) is 29.7 Å². The maximum Gasteiger partial charge on any atom is 1.00 e. The van der Waals surface area contributed by atoms with Gasteiger partial charge >= 0.3 is 266 Å². The number of para-hydroxylation sites is 4. The van der Waals surface area contributed by atoms with Crippen molar-refractivity contribution in [3.8, 4) is 23.0 Å². The summed E-state index contributed by atoms with van der Waals surface area (Å²) in [6.45, 7) is 0. The second kappa shape index (κ2) is 30.4. The summed E-state index contributed by atoms with van der Waals surface area (Å²) in [6, 6.07) is 11.2. The van der Waals surface area contributed by atoms with Gasteiger partial charge in [-0.05, 0) is 0 Å². The first-order valence-corrected chi connectivity index (χ1v) is 6.72. The summed E-state index contributed by atoms with van der Waals surface area (Å²) in [5.41, 5.74) is 0. The van der Waals surface area contributed by atoms with Crippen molar-refractivity contribution in [3.05, 3.63) is 48.5 Å². The third-order valence-electron chi connectivity index (χ3n) is 1.86. The molecule has 26 heavy (non-hydrogen) atoms. The number of benzene rings is 2. The predicted octanol–water partition coefficient (Wildman–Crippen LogP) is -16.9. The topological polar surface area (TPSA) is 142 Å².